The van der Waals surface area contributed by atoms with Crippen LogP contribution >= 0.6 is 0 Å². The molecule has 1 atom stereocenters. The van der Waals surface area contributed by atoms with Crippen LogP contribution in [-0.2, 0) is 0 Å². The van der Waals surface area contributed by atoms with Crippen LogP contribution in [0, 0.1) is 0 Å². The Morgan fingerprint density at radius 2 is 2.20 bits per heavy atom. The van der Waals surface area contributed by atoms with Gasteiger partial charge in [-0.05, 0) is 31.9 Å². The van der Waals surface area contributed by atoms with Gasteiger partial charge < -0.3 is 10.2 Å². The average Bonchev–Trinajstić information content (AvgIpc) is 2.53. The molecule has 1 fully saturated rings. The minimum Gasteiger partial charge on any atom is -0.365 e. The molecular formula is C16H22N4. The van der Waals surface area contributed by atoms with Gasteiger partial charge in [0.2, 0.25) is 0 Å². The van der Waals surface area contributed by atoms with Gasteiger partial charge in [0.1, 0.15) is 0 Å². The predicted octanol–water partition coefficient (Wildman–Crippen LogP) is 2.60. The highest BCUT2D eigenvalue weighted by Crippen LogP contribution is 2.29. The molecule has 2 aromatic rings. The first-order chi connectivity index (χ1) is 9.90. The van der Waals surface area contributed by atoms with Crippen LogP contribution in [-0.4, -0.2) is 35.9 Å². The molecule has 3 rings (SSSR count). The number of likely N-dealkylation sites (N-methyl/N-ethyl adjacent to an activating group) is 1. The Labute approximate surface area is 120 Å². The van der Waals surface area contributed by atoms with Crippen LogP contribution in [0.3, 0.4) is 0 Å². The molecule has 4 nitrogen and oxygen atoms in total. The highest BCUT2D eigenvalue weighted by atomic mass is 15.2. The molecular weight excluding hydrogens is 248 g/mol. The number of benzene rings is 1. The van der Waals surface area contributed by atoms with Crippen molar-refractivity contribution < 1.29 is 0 Å². The monoisotopic (exact) mass is 270 g/mol. The van der Waals surface area contributed by atoms with Crippen LogP contribution in [0.5, 0.6) is 0 Å². The van der Waals surface area contributed by atoms with Crippen molar-refractivity contribution in [3.8, 4) is 0 Å². The van der Waals surface area contributed by atoms with Crippen molar-refractivity contribution in [2.24, 2.45) is 0 Å². The van der Waals surface area contributed by atoms with E-state index in [9.17, 15) is 0 Å². The van der Waals surface area contributed by atoms with E-state index in [2.05, 4.69) is 39.5 Å². The van der Waals surface area contributed by atoms with Crippen LogP contribution in [0.2, 0.25) is 0 Å². The van der Waals surface area contributed by atoms with Crippen molar-refractivity contribution in [1.82, 2.24) is 15.5 Å². The molecule has 0 amide bonds. The Morgan fingerprint density at radius 3 is 3.10 bits per heavy atom. The smallest absolute Gasteiger partial charge is 0.0950 e. The third-order valence-electron chi connectivity index (χ3n) is 4.09. The molecule has 0 aliphatic carbocycles. The number of hydrogen-bond donors (Lipinski definition) is 1. The number of piperidine rings is 1. The summed E-state index contributed by atoms with van der Waals surface area (Å²) in [5, 5.41) is 13.1. The van der Waals surface area contributed by atoms with E-state index >= 15 is 0 Å². The summed E-state index contributed by atoms with van der Waals surface area (Å²) in [6.45, 7) is 5.36. The van der Waals surface area contributed by atoms with Gasteiger partial charge in [-0.15, -0.1) is 0 Å². The Balaban J connectivity index is 1.95. The van der Waals surface area contributed by atoms with Gasteiger partial charge in [0, 0.05) is 24.5 Å². The zero-order valence-corrected chi connectivity index (χ0v) is 12.0. The van der Waals surface area contributed by atoms with Crippen LogP contribution in [0.15, 0.2) is 30.5 Å². The number of rotatable bonds is 4. The summed E-state index contributed by atoms with van der Waals surface area (Å²) in [6, 6.07) is 8.85. The van der Waals surface area contributed by atoms with Gasteiger partial charge in [-0.1, -0.05) is 25.1 Å². The molecule has 1 aliphatic heterocycles. The molecule has 1 aromatic heterocycles. The second-order valence-electron chi connectivity index (χ2n) is 5.40. The number of nitrogens with zero attached hydrogens (tertiary/aromatic N) is 3. The van der Waals surface area contributed by atoms with Crippen LogP contribution in [0.4, 0.5) is 5.69 Å². The molecule has 0 bridgehead atoms. The fourth-order valence-electron chi connectivity index (χ4n) is 3.06. The number of hydrogen-bond acceptors (Lipinski definition) is 4. The number of aromatic nitrogens is 2. The van der Waals surface area contributed by atoms with Crippen molar-refractivity contribution in [3.63, 3.8) is 0 Å². The fourth-order valence-corrected chi connectivity index (χ4v) is 3.06. The fraction of sp³-hybridized carbons (Fsp3) is 0.500. The second kappa shape index (κ2) is 6.18. The zero-order chi connectivity index (χ0) is 13.8. The highest BCUT2D eigenvalue weighted by molar-refractivity contribution is 5.90. The lowest BCUT2D eigenvalue weighted by Gasteiger charge is -2.38. The van der Waals surface area contributed by atoms with E-state index in [1.165, 1.54) is 30.3 Å². The lowest BCUT2D eigenvalue weighted by atomic mass is 10.0. The van der Waals surface area contributed by atoms with E-state index in [0.29, 0.717) is 6.04 Å². The van der Waals surface area contributed by atoms with Gasteiger partial charge in [0.25, 0.3) is 0 Å². The molecule has 1 aliphatic rings. The molecule has 106 valence electrons. The molecule has 20 heavy (non-hydrogen) atoms. The quantitative estimate of drug-likeness (QED) is 0.927. The zero-order valence-electron chi connectivity index (χ0n) is 12.0. The van der Waals surface area contributed by atoms with Crippen molar-refractivity contribution in [3.05, 3.63) is 30.5 Å². The summed E-state index contributed by atoms with van der Waals surface area (Å²) in [4.78, 5) is 2.52. The summed E-state index contributed by atoms with van der Waals surface area (Å²) >= 11 is 0. The van der Waals surface area contributed by atoms with Crippen molar-refractivity contribution >= 4 is 16.6 Å². The van der Waals surface area contributed by atoms with E-state index in [1.54, 1.807) is 0 Å². The Morgan fingerprint density at radius 1 is 1.30 bits per heavy atom. The summed E-state index contributed by atoms with van der Waals surface area (Å²) in [6.07, 6.45) is 5.76. The maximum absolute atomic E-state index is 4.23. The van der Waals surface area contributed by atoms with Crippen molar-refractivity contribution in [2.75, 3.05) is 24.5 Å². The Hall–Kier alpha value is -1.68. The van der Waals surface area contributed by atoms with Crippen LogP contribution in [0.1, 0.15) is 26.2 Å². The molecule has 0 saturated carbocycles. The minimum absolute atomic E-state index is 0.566. The van der Waals surface area contributed by atoms with Crippen LogP contribution in [0.25, 0.3) is 10.9 Å². The molecule has 4 heteroatoms. The van der Waals surface area contributed by atoms with Gasteiger partial charge in [-0.2, -0.15) is 10.2 Å². The summed E-state index contributed by atoms with van der Waals surface area (Å²) in [5.74, 6) is 0. The minimum atomic E-state index is 0.566. The summed E-state index contributed by atoms with van der Waals surface area (Å²) < 4.78 is 0. The SMILES string of the molecule is CCNCC1CCCCN1c1cnnc2ccccc12. The first kappa shape index (κ1) is 13.3. The molecule has 0 radical (unpaired) electrons. The van der Waals surface area contributed by atoms with E-state index in [0.717, 1.165) is 25.2 Å². The van der Waals surface area contributed by atoms with Gasteiger partial charge in [-0.25, -0.2) is 0 Å². The normalized spacial score (nSPS) is 19.4. The Bertz CT molecular complexity index is 564. The van der Waals surface area contributed by atoms with Crippen molar-refractivity contribution in [2.45, 2.75) is 32.2 Å². The largest absolute Gasteiger partial charge is 0.365 e. The van der Waals surface area contributed by atoms with Gasteiger partial charge in [-0.3, -0.25) is 0 Å². The molecule has 1 N–H and O–H groups in total. The molecule has 1 unspecified atom stereocenters. The molecule has 1 aromatic carbocycles. The molecule has 0 spiro atoms. The van der Waals surface area contributed by atoms with Gasteiger partial charge in [0.05, 0.1) is 17.4 Å². The maximum Gasteiger partial charge on any atom is 0.0950 e. The highest BCUT2D eigenvalue weighted by Gasteiger charge is 2.23. The summed E-state index contributed by atoms with van der Waals surface area (Å²) in [7, 11) is 0. The summed E-state index contributed by atoms with van der Waals surface area (Å²) in [5.41, 5.74) is 2.22. The number of anilines is 1. The topological polar surface area (TPSA) is 41.0 Å². The number of fused-ring (bicyclic) bond motifs is 1. The first-order valence-corrected chi connectivity index (χ1v) is 7.58. The molecule has 1 saturated heterocycles. The third-order valence-corrected chi connectivity index (χ3v) is 4.09. The standard InChI is InChI=1S/C16H22N4/c1-2-17-11-13-7-5-6-10-20(13)16-12-18-19-15-9-4-3-8-14(15)16/h3-4,8-9,12-13,17H,2,5-7,10-11H2,1H3. The van der Waals surface area contributed by atoms with Gasteiger partial charge >= 0.3 is 0 Å². The van der Waals surface area contributed by atoms with Crippen molar-refractivity contribution in [1.29, 1.82) is 0 Å². The number of nitrogens with one attached hydrogen (secondary N) is 1. The lowest BCUT2D eigenvalue weighted by Crippen LogP contribution is -2.45. The average molecular weight is 270 g/mol. The van der Waals surface area contributed by atoms with E-state index in [4.69, 9.17) is 0 Å². The Kier molecular flexibility index (Phi) is 4.11. The van der Waals surface area contributed by atoms with E-state index in [1.807, 2.05) is 18.3 Å². The van der Waals surface area contributed by atoms with E-state index in [-0.39, 0.29) is 0 Å². The maximum atomic E-state index is 4.23. The second-order valence-corrected chi connectivity index (χ2v) is 5.40. The van der Waals surface area contributed by atoms with E-state index < -0.39 is 0 Å². The molecule has 2 heterocycles. The van der Waals surface area contributed by atoms with Gasteiger partial charge in [0.15, 0.2) is 0 Å². The van der Waals surface area contributed by atoms with Crippen LogP contribution < -0.4 is 10.2 Å². The first-order valence-electron chi connectivity index (χ1n) is 7.58. The lowest BCUT2D eigenvalue weighted by molar-refractivity contribution is 0.439. The third kappa shape index (κ3) is 2.61. The predicted molar refractivity (Wildman–Crippen MR) is 83.1 cm³/mol.